The van der Waals surface area contributed by atoms with Gasteiger partial charge >= 0.3 is 6.03 Å². The van der Waals surface area contributed by atoms with Gasteiger partial charge in [-0.05, 0) is 43.5 Å². The Morgan fingerprint density at radius 3 is 2.84 bits per heavy atom. The second-order valence-electron chi connectivity index (χ2n) is 4.30. The van der Waals surface area contributed by atoms with Crippen LogP contribution in [0.3, 0.4) is 0 Å². The first-order valence-corrected chi connectivity index (χ1v) is 6.12. The number of urea groups is 1. The number of benzene rings is 1. The van der Waals surface area contributed by atoms with Crippen LogP contribution >= 0.6 is 0 Å². The molecule has 19 heavy (non-hydrogen) atoms. The van der Waals surface area contributed by atoms with Crippen molar-refractivity contribution in [2.75, 3.05) is 13.2 Å². The number of carbonyl (C=O) groups excluding carboxylic acids is 1. The van der Waals surface area contributed by atoms with Gasteiger partial charge in [0.05, 0.1) is 0 Å². The van der Waals surface area contributed by atoms with E-state index in [2.05, 4.69) is 10.6 Å². The molecule has 0 aliphatic carbocycles. The minimum absolute atomic E-state index is 0.00402. The lowest BCUT2D eigenvalue weighted by molar-refractivity contribution is 0.231. The topological polar surface area (TPSA) is 61.4 Å². The van der Waals surface area contributed by atoms with Gasteiger partial charge in [0.25, 0.3) is 0 Å². The van der Waals surface area contributed by atoms with Crippen molar-refractivity contribution < 1.29 is 18.7 Å². The molecule has 0 aromatic heterocycles. The molecule has 0 bridgehead atoms. The standard InChI is InChI=1S/C13H18F2N2O2/c1-9(5-7-18)17-13(19)16-6-4-10-8-11(14)2-3-12(10)15/h2-3,8-9,18H,4-7H2,1H3,(H2,16,17,19)/t9-/m1/s1. The SMILES string of the molecule is C[C@H](CCO)NC(=O)NCCc1cc(F)ccc1F. The highest BCUT2D eigenvalue weighted by atomic mass is 19.1. The summed E-state index contributed by atoms with van der Waals surface area (Å²) in [4.78, 5) is 11.4. The van der Waals surface area contributed by atoms with Crippen LogP contribution in [-0.4, -0.2) is 30.3 Å². The third-order valence-electron chi connectivity index (χ3n) is 2.63. The summed E-state index contributed by atoms with van der Waals surface area (Å²) in [5, 5.41) is 13.8. The summed E-state index contributed by atoms with van der Waals surface area (Å²) in [5.41, 5.74) is 0.226. The van der Waals surface area contributed by atoms with E-state index in [1.54, 1.807) is 6.92 Å². The van der Waals surface area contributed by atoms with Crippen molar-refractivity contribution in [3.63, 3.8) is 0 Å². The lowest BCUT2D eigenvalue weighted by atomic mass is 10.1. The number of halogens is 2. The largest absolute Gasteiger partial charge is 0.396 e. The maximum absolute atomic E-state index is 13.3. The maximum atomic E-state index is 13.3. The van der Waals surface area contributed by atoms with E-state index in [1.165, 1.54) is 0 Å². The first kappa shape index (κ1) is 15.4. The second-order valence-corrected chi connectivity index (χ2v) is 4.30. The minimum Gasteiger partial charge on any atom is -0.396 e. The van der Waals surface area contributed by atoms with Gasteiger partial charge in [-0.15, -0.1) is 0 Å². The second kappa shape index (κ2) is 7.68. The van der Waals surface area contributed by atoms with Gasteiger partial charge in [-0.1, -0.05) is 0 Å². The van der Waals surface area contributed by atoms with Crippen molar-refractivity contribution in [2.24, 2.45) is 0 Å². The molecule has 2 amide bonds. The van der Waals surface area contributed by atoms with Crippen molar-refractivity contribution in [3.05, 3.63) is 35.4 Å². The molecule has 4 nitrogen and oxygen atoms in total. The minimum atomic E-state index is -0.502. The van der Waals surface area contributed by atoms with Crippen molar-refractivity contribution in [1.29, 1.82) is 0 Å². The third-order valence-corrected chi connectivity index (χ3v) is 2.63. The molecule has 1 aromatic rings. The van der Waals surface area contributed by atoms with E-state index in [4.69, 9.17) is 5.11 Å². The Labute approximate surface area is 110 Å². The van der Waals surface area contributed by atoms with Gasteiger partial charge in [0.2, 0.25) is 0 Å². The molecule has 1 atom stereocenters. The highest BCUT2D eigenvalue weighted by molar-refractivity contribution is 5.74. The molecule has 1 rings (SSSR count). The van der Waals surface area contributed by atoms with Crippen LogP contribution in [0.5, 0.6) is 0 Å². The Kier molecular flexibility index (Phi) is 6.21. The lowest BCUT2D eigenvalue weighted by Crippen LogP contribution is -2.41. The summed E-state index contributed by atoms with van der Waals surface area (Å²) in [6.07, 6.45) is 0.678. The Morgan fingerprint density at radius 1 is 1.42 bits per heavy atom. The number of nitrogens with one attached hydrogen (secondary N) is 2. The van der Waals surface area contributed by atoms with E-state index in [0.29, 0.717) is 6.42 Å². The van der Waals surface area contributed by atoms with Gasteiger partial charge in [-0.2, -0.15) is 0 Å². The maximum Gasteiger partial charge on any atom is 0.315 e. The normalized spacial score (nSPS) is 12.0. The van der Waals surface area contributed by atoms with Crippen molar-refractivity contribution in [3.8, 4) is 0 Å². The van der Waals surface area contributed by atoms with Crippen molar-refractivity contribution in [2.45, 2.75) is 25.8 Å². The molecule has 0 radical (unpaired) electrons. The van der Waals surface area contributed by atoms with Crippen LogP contribution in [0, 0.1) is 11.6 Å². The van der Waals surface area contributed by atoms with E-state index in [1.807, 2.05) is 0 Å². The number of hydrogen-bond donors (Lipinski definition) is 3. The molecule has 0 saturated heterocycles. The highest BCUT2D eigenvalue weighted by Gasteiger charge is 2.07. The van der Waals surface area contributed by atoms with Gasteiger partial charge in [-0.25, -0.2) is 13.6 Å². The molecule has 0 heterocycles. The van der Waals surface area contributed by atoms with E-state index in [-0.39, 0.29) is 31.2 Å². The highest BCUT2D eigenvalue weighted by Crippen LogP contribution is 2.09. The number of rotatable bonds is 6. The summed E-state index contributed by atoms with van der Waals surface area (Å²) in [6, 6.07) is 2.70. The third kappa shape index (κ3) is 5.65. The summed E-state index contributed by atoms with van der Waals surface area (Å²) in [6.45, 7) is 1.97. The predicted molar refractivity (Wildman–Crippen MR) is 67.8 cm³/mol. The number of aliphatic hydroxyl groups is 1. The van der Waals surface area contributed by atoms with Crippen LogP contribution in [0.15, 0.2) is 18.2 Å². The molecular weight excluding hydrogens is 254 g/mol. The van der Waals surface area contributed by atoms with Crippen LogP contribution < -0.4 is 10.6 Å². The Morgan fingerprint density at radius 2 is 2.16 bits per heavy atom. The zero-order chi connectivity index (χ0) is 14.3. The smallest absolute Gasteiger partial charge is 0.315 e. The van der Waals surface area contributed by atoms with Crippen LogP contribution in [0.2, 0.25) is 0 Å². The molecule has 0 saturated carbocycles. The van der Waals surface area contributed by atoms with E-state index in [0.717, 1.165) is 18.2 Å². The van der Waals surface area contributed by atoms with Crippen molar-refractivity contribution >= 4 is 6.03 Å². The first-order chi connectivity index (χ1) is 9.02. The van der Waals surface area contributed by atoms with E-state index >= 15 is 0 Å². The van der Waals surface area contributed by atoms with E-state index < -0.39 is 17.7 Å². The Hall–Kier alpha value is -1.69. The quantitative estimate of drug-likeness (QED) is 0.736. The molecule has 0 unspecified atom stereocenters. The fourth-order valence-electron chi connectivity index (χ4n) is 1.59. The molecule has 0 fully saturated rings. The summed E-state index contributed by atoms with van der Waals surface area (Å²) >= 11 is 0. The average molecular weight is 272 g/mol. The number of amides is 2. The predicted octanol–water partition coefficient (Wildman–Crippen LogP) is 1.58. The van der Waals surface area contributed by atoms with Crippen LogP contribution in [-0.2, 0) is 6.42 Å². The average Bonchev–Trinajstić information content (AvgIpc) is 2.33. The van der Waals surface area contributed by atoms with Gasteiger partial charge in [-0.3, -0.25) is 0 Å². The fourth-order valence-corrected chi connectivity index (χ4v) is 1.59. The van der Waals surface area contributed by atoms with Crippen LogP contribution in [0.4, 0.5) is 13.6 Å². The van der Waals surface area contributed by atoms with Crippen molar-refractivity contribution in [1.82, 2.24) is 10.6 Å². The summed E-state index contributed by atoms with van der Waals surface area (Å²) in [5.74, 6) is -0.991. The molecule has 1 aromatic carbocycles. The lowest BCUT2D eigenvalue weighted by Gasteiger charge is -2.13. The Bertz CT molecular complexity index is 427. The molecule has 6 heteroatoms. The number of aliphatic hydroxyl groups excluding tert-OH is 1. The monoisotopic (exact) mass is 272 g/mol. The first-order valence-electron chi connectivity index (χ1n) is 6.12. The van der Waals surface area contributed by atoms with Gasteiger partial charge in [0.1, 0.15) is 11.6 Å². The summed E-state index contributed by atoms with van der Waals surface area (Å²) < 4.78 is 26.2. The van der Waals surface area contributed by atoms with Crippen LogP contribution in [0.25, 0.3) is 0 Å². The fraction of sp³-hybridized carbons (Fsp3) is 0.462. The molecule has 0 spiro atoms. The summed E-state index contributed by atoms with van der Waals surface area (Å²) in [7, 11) is 0. The molecule has 0 aliphatic heterocycles. The Balaban J connectivity index is 2.33. The molecule has 106 valence electrons. The van der Waals surface area contributed by atoms with Crippen LogP contribution in [0.1, 0.15) is 18.9 Å². The molecular formula is C13H18F2N2O2. The molecule has 0 aliphatic rings. The van der Waals surface area contributed by atoms with Gasteiger partial charge in [0.15, 0.2) is 0 Å². The zero-order valence-electron chi connectivity index (χ0n) is 10.7. The number of hydrogen-bond acceptors (Lipinski definition) is 2. The van der Waals surface area contributed by atoms with Gasteiger partial charge in [0, 0.05) is 19.2 Å². The van der Waals surface area contributed by atoms with Gasteiger partial charge < -0.3 is 15.7 Å². The molecule has 3 N–H and O–H groups in total. The number of carbonyl (C=O) groups is 1. The zero-order valence-corrected chi connectivity index (χ0v) is 10.7. The van der Waals surface area contributed by atoms with E-state index in [9.17, 15) is 13.6 Å².